The lowest BCUT2D eigenvalue weighted by Gasteiger charge is -2.17. The molecule has 0 amide bonds. The Hall–Kier alpha value is -0.500. The average molecular weight is 451 g/mol. The van der Waals surface area contributed by atoms with Gasteiger partial charge >= 0.3 is 0 Å². The molecule has 130 valence electrons. The first kappa shape index (κ1) is 20.5. The van der Waals surface area contributed by atoms with Gasteiger partial charge in [-0.15, -0.1) is 24.0 Å². The summed E-state index contributed by atoms with van der Waals surface area (Å²) in [5.74, 6) is 0.697. The van der Waals surface area contributed by atoms with Crippen molar-refractivity contribution in [2.75, 3.05) is 12.8 Å². The summed E-state index contributed by atoms with van der Waals surface area (Å²) in [4.78, 5) is 4.63. The van der Waals surface area contributed by atoms with Gasteiger partial charge in [0.2, 0.25) is 0 Å². The van der Waals surface area contributed by atoms with Gasteiger partial charge in [-0.05, 0) is 56.6 Å². The minimum absolute atomic E-state index is 0. The molecule has 2 unspecified atom stereocenters. The summed E-state index contributed by atoms with van der Waals surface area (Å²) in [5, 5.41) is 7.59. The predicted molar refractivity (Wildman–Crippen MR) is 109 cm³/mol. The van der Waals surface area contributed by atoms with Crippen molar-refractivity contribution in [3.05, 3.63) is 35.1 Å². The normalized spacial score (nSPS) is 21.0. The van der Waals surface area contributed by atoms with Crippen molar-refractivity contribution in [3.63, 3.8) is 0 Å². The summed E-state index contributed by atoms with van der Waals surface area (Å²) in [6.07, 6.45) is 5.85. The van der Waals surface area contributed by atoms with Crippen LogP contribution in [0.25, 0.3) is 0 Å². The van der Waals surface area contributed by atoms with Crippen molar-refractivity contribution in [1.29, 1.82) is 0 Å². The molecule has 6 heteroatoms. The summed E-state index contributed by atoms with van der Waals surface area (Å²) >= 11 is 1.95. The first-order valence-electron chi connectivity index (χ1n) is 7.95. The Morgan fingerprint density at radius 3 is 2.78 bits per heavy atom. The molecule has 1 aliphatic rings. The number of benzene rings is 1. The van der Waals surface area contributed by atoms with Crippen LogP contribution in [-0.2, 0) is 6.54 Å². The van der Waals surface area contributed by atoms with Gasteiger partial charge in [0, 0.05) is 17.8 Å². The van der Waals surface area contributed by atoms with Crippen molar-refractivity contribution in [1.82, 2.24) is 10.6 Å². The molecule has 1 aromatic rings. The number of nitrogens with zero attached hydrogens (tertiary/aromatic N) is 1. The molecular formula is C17H27FIN3S. The minimum atomic E-state index is -0.160. The number of thioether (sulfide) groups is 1. The molecule has 3 nitrogen and oxygen atoms in total. The van der Waals surface area contributed by atoms with Crippen LogP contribution in [0.1, 0.15) is 37.3 Å². The summed E-state index contributed by atoms with van der Waals surface area (Å²) in [6.45, 7) is 5.26. The second kappa shape index (κ2) is 10.4. The van der Waals surface area contributed by atoms with Gasteiger partial charge < -0.3 is 10.6 Å². The number of aliphatic imine (C=N–C) groups is 1. The molecule has 2 atom stereocenters. The van der Waals surface area contributed by atoms with Crippen LogP contribution in [-0.4, -0.2) is 30.1 Å². The standard InChI is InChI=1S/C17H26FN3S.HI/c1-4-19-17(21-14-6-7-15(10-14)22-3)20-11-13-5-8-16(18)12(2)9-13;/h5,8-9,14-15H,4,6-7,10-11H2,1-3H3,(H2,19,20,21);1H. The topological polar surface area (TPSA) is 36.4 Å². The molecule has 2 N–H and O–H groups in total. The Labute approximate surface area is 160 Å². The van der Waals surface area contributed by atoms with Crippen molar-refractivity contribution in [3.8, 4) is 0 Å². The van der Waals surface area contributed by atoms with E-state index in [9.17, 15) is 4.39 Å². The zero-order valence-corrected chi connectivity index (χ0v) is 17.2. The number of guanidine groups is 1. The van der Waals surface area contributed by atoms with E-state index in [0.29, 0.717) is 18.2 Å². The Kier molecular flexibility index (Phi) is 9.27. The molecule has 1 saturated carbocycles. The molecule has 0 aromatic heterocycles. The Bertz CT molecular complexity index is 525. The van der Waals surface area contributed by atoms with E-state index in [1.54, 1.807) is 13.0 Å². The minimum Gasteiger partial charge on any atom is -0.357 e. The van der Waals surface area contributed by atoms with E-state index >= 15 is 0 Å². The van der Waals surface area contributed by atoms with Gasteiger partial charge in [-0.25, -0.2) is 9.38 Å². The van der Waals surface area contributed by atoms with Gasteiger partial charge in [0.25, 0.3) is 0 Å². The lowest BCUT2D eigenvalue weighted by Crippen LogP contribution is -2.42. The quantitative estimate of drug-likeness (QED) is 0.402. The van der Waals surface area contributed by atoms with Gasteiger partial charge in [0.1, 0.15) is 5.82 Å². The largest absolute Gasteiger partial charge is 0.357 e. The molecule has 1 fully saturated rings. The maximum Gasteiger partial charge on any atom is 0.191 e. The number of halogens is 2. The summed E-state index contributed by atoms with van der Waals surface area (Å²) in [7, 11) is 0. The maximum atomic E-state index is 13.3. The van der Waals surface area contributed by atoms with E-state index in [0.717, 1.165) is 23.3 Å². The fourth-order valence-electron chi connectivity index (χ4n) is 2.77. The number of hydrogen-bond donors (Lipinski definition) is 2. The molecule has 0 radical (unpaired) electrons. The molecule has 1 aromatic carbocycles. The second-order valence-electron chi connectivity index (χ2n) is 5.79. The van der Waals surface area contributed by atoms with E-state index in [2.05, 4.69) is 28.8 Å². The Morgan fingerprint density at radius 1 is 1.39 bits per heavy atom. The number of aryl methyl sites for hydroxylation is 1. The van der Waals surface area contributed by atoms with Crippen LogP contribution in [0.5, 0.6) is 0 Å². The fraction of sp³-hybridized carbons (Fsp3) is 0.588. The first-order valence-corrected chi connectivity index (χ1v) is 9.23. The van der Waals surface area contributed by atoms with Crippen LogP contribution in [0.3, 0.4) is 0 Å². The molecule has 0 bridgehead atoms. The van der Waals surface area contributed by atoms with Crippen LogP contribution in [0.4, 0.5) is 4.39 Å². The van der Waals surface area contributed by atoms with Crippen molar-refractivity contribution < 1.29 is 4.39 Å². The number of rotatable bonds is 5. The van der Waals surface area contributed by atoms with Crippen LogP contribution >= 0.6 is 35.7 Å². The average Bonchev–Trinajstić information content (AvgIpc) is 2.96. The van der Waals surface area contributed by atoms with Crippen LogP contribution in [0.15, 0.2) is 23.2 Å². The zero-order chi connectivity index (χ0) is 15.9. The maximum absolute atomic E-state index is 13.3. The summed E-state index contributed by atoms with van der Waals surface area (Å²) < 4.78 is 13.3. The molecule has 0 heterocycles. The monoisotopic (exact) mass is 451 g/mol. The SMILES string of the molecule is CCNC(=NCc1ccc(F)c(C)c1)NC1CCC(SC)C1.I. The Balaban J connectivity index is 0.00000264. The van der Waals surface area contributed by atoms with Gasteiger partial charge in [0.15, 0.2) is 5.96 Å². The molecular weight excluding hydrogens is 424 g/mol. The highest BCUT2D eigenvalue weighted by Gasteiger charge is 2.24. The van der Waals surface area contributed by atoms with E-state index in [4.69, 9.17) is 0 Å². The number of nitrogens with one attached hydrogen (secondary N) is 2. The van der Waals surface area contributed by atoms with Crippen molar-refractivity contribution in [2.24, 2.45) is 4.99 Å². The second-order valence-corrected chi connectivity index (χ2v) is 6.93. The van der Waals surface area contributed by atoms with E-state index in [-0.39, 0.29) is 29.8 Å². The molecule has 23 heavy (non-hydrogen) atoms. The molecule has 0 aliphatic heterocycles. The summed E-state index contributed by atoms with van der Waals surface area (Å²) in [6, 6.07) is 5.68. The highest BCUT2D eigenvalue weighted by Crippen LogP contribution is 2.28. The van der Waals surface area contributed by atoms with Crippen molar-refractivity contribution >= 4 is 41.7 Å². The third kappa shape index (κ3) is 6.49. The molecule has 0 spiro atoms. The lowest BCUT2D eigenvalue weighted by atomic mass is 10.1. The zero-order valence-electron chi connectivity index (χ0n) is 14.1. The van der Waals surface area contributed by atoms with E-state index in [1.165, 1.54) is 25.3 Å². The van der Waals surface area contributed by atoms with Crippen molar-refractivity contribution in [2.45, 2.75) is 50.9 Å². The summed E-state index contributed by atoms with van der Waals surface area (Å²) in [5.41, 5.74) is 1.70. The first-order chi connectivity index (χ1) is 10.6. The lowest BCUT2D eigenvalue weighted by molar-refractivity contribution is 0.614. The molecule has 2 rings (SSSR count). The fourth-order valence-corrected chi connectivity index (χ4v) is 3.57. The number of hydrogen-bond acceptors (Lipinski definition) is 2. The van der Waals surface area contributed by atoms with E-state index < -0.39 is 0 Å². The molecule has 1 aliphatic carbocycles. The Morgan fingerprint density at radius 2 is 2.17 bits per heavy atom. The van der Waals surface area contributed by atoms with Crippen LogP contribution < -0.4 is 10.6 Å². The van der Waals surface area contributed by atoms with Crippen LogP contribution in [0, 0.1) is 12.7 Å². The van der Waals surface area contributed by atoms with Gasteiger partial charge in [0.05, 0.1) is 6.54 Å². The third-order valence-electron chi connectivity index (χ3n) is 4.05. The smallest absolute Gasteiger partial charge is 0.191 e. The highest BCUT2D eigenvalue weighted by atomic mass is 127. The predicted octanol–water partition coefficient (Wildman–Crippen LogP) is 4.09. The van der Waals surface area contributed by atoms with Gasteiger partial charge in [-0.2, -0.15) is 11.8 Å². The molecule has 0 saturated heterocycles. The van der Waals surface area contributed by atoms with Gasteiger partial charge in [-0.3, -0.25) is 0 Å². The van der Waals surface area contributed by atoms with Gasteiger partial charge in [-0.1, -0.05) is 12.1 Å². The third-order valence-corrected chi connectivity index (χ3v) is 5.14. The highest BCUT2D eigenvalue weighted by molar-refractivity contribution is 14.0. The van der Waals surface area contributed by atoms with Crippen LogP contribution in [0.2, 0.25) is 0 Å². The van der Waals surface area contributed by atoms with E-state index in [1.807, 2.05) is 17.8 Å².